The second-order valence-electron chi connectivity index (χ2n) is 10.1. The Bertz CT molecular complexity index is 731. The Morgan fingerprint density at radius 3 is 1.93 bits per heavy atom. The third-order valence-electron chi connectivity index (χ3n) is 6.31. The molecule has 0 N–H and O–H groups in total. The molecule has 0 aromatic heterocycles. The van der Waals surface area contributed by atoms with E-state index >= 15 is 0 Å². The van der Waals surface area contributed by atoms with Gasteiger partial charge in [0.25, 0.3) is 0 Å². The van der Waals surface area contributed by atoms with Crippen LogP contribution in [0, 0.1) is 23.1 Å². The van der Waals surface area contributed by atoms with Crippen LogP contribution < -0.4 is 4.90 Å². The van der Waals surface area contributed by atoms with Gasteiger partial charge in [-0.25, -0.2) is 4.39 Å². The summed E-state index contributed by atoms with van der Waals surface area (Å²) in [7, 11) is 0. The predicted octanol–water partition coefficient (Wildman–Crippen LogP) is 3.79. The van der Waals surface area contributed by atoms with Crippen molar-refractivity contribution in [3.63, 3.8) is 0 Å². The molecule has 1 aromatic rings. The Morgan fingerprint density at radius 2 is 1.40 bits per heavy atom. The highest BCUT2D eigenvalue weighted by atomic mass is 19.1. The maximum Gasteiger partial charge on any atom is 0.223 e. The summed E-state index contributed by atoms with van der Waals surface area (Å²) < 4.78 is 13.1. The minimum atomic E-state index is -0.355. The number of anilines is 1. The molecule has 2 atom stereocenters. The number of hydrogen-bond acceptors (Lipinski definition) is 3. The van der Waals surface area contributed by atoms with E-state index < -0.39 is 0 Å². The Labute approximate surface area is 180 Å². The summed E-state index contributed by atoms with van der Waals surface area (Å²) in [5, 5.41) is 0. The summed E-state index contributed by atoms with van der Waals surface area (Å²) in [4.78, 5) is 31.8. The predicted molar refractivity (Wildman–Crippen MR) is 118 cm³/mol. The molecule has 2 heterocycles. The van der Waals surface area contributed by atoms with Gasteiger partial charge in [0.15, 0.2) is 0 Å². The third-order valence-corrected chi connectivity index (χ3v) is 6.31. The van der Waals surface area contributed by atoms with Crippen molar-refractivity contribution in [1.29, 1.82) is 0 Å². The molecule has 0 radical (unpaired) electrons. The van der Waals surface area contributed by atoms with Crippen molar-refractivity contribution in [3.8, 4) is 0 Å². The van der Waals surface area contributed by atoms with Crippen molar-refractivity contribution < 1.29 is 14.0 Å². The minimum Gasteiger partial charge on any atom is -0.368 e. The van der Waals surface area contributed by atoms with E-state index in [4.69, 9.17) is 0 Å². The first-order valence-corrected chi connectivity index (χ1v) is 11.2. The van der Waals surface area contributed by atoms with E-state index in [1.165, 1.54) is 18.6 Å². The molecule has 6 heteroatoms. The number of piperidine rings is 1. The number of halogens is 1. The molecule has 0 spiro atoms. The highest BCUT2D eigenvalue weighted by Gasteiger charge is 2.33. The summed E-state index contributed by atoms with van der Waals surface area (Å²) >= 11 is 0. The molecule has 2 aliphatic rings. The number of benzene rings is 1. The highest BCUT2D eigenvalue weighted by molar-refractivity contribution is 5.80. The number of likely N-dealkylation sites (tertiary alicyclic amines) is 1. The molecule has 2 aliphatic heterocycles. The van der Waals surface area contributed by atoms with Crippen LogP contribution in [0.5, 0.6) is 0 Å². The molecule has 1 aromatic carbocycles. The first-order valence-electron chi connectivity index (χ1n) is 11.2. The fourth-order valence-electron chi connectivity index (χ4n) is 4.84. The standard InChI is InChI=1S/C24H36FN3O2/c1-18-13-19(2)17-28(16-18)23(30)15-24(3,4)14-22(29)27-11-9-26(10-12-27)21-7-5-20(25)6-8-21/h5-8,18-19H,9-17H2,1-4H3/t18-,19-/m1/s1. The van der Waals surface area contributed by atoms with Crippen LogP contribution in [0.15, 0.2) is 24.3 Å². The number of rotatable bonds is 5. The number of carbonyl (C=O) groups excluding carboxylic acids is 2. The number of hydrogen-bond donors (Lipinski definition) is 0. The molecule has 0 saturated carbocycles. The Balaban J connectivity index is 1.48. The van der Waals surface area contributed by atoms with Gasteiger partial charge in [-0.1, -0.05) is 27.7 Å². The molecule has 2 saturated heterocycles. The first kappa shape index (κ1) is 22.6. The fourth-order valence-corrected chi connectivity index (χ4v) is 4.84. The van der Waals surface area contributed by atoms with Crippen molar-refractivity contribution in [2.75, 3.05) is 44.2 Å². The number of piperazine rings is 1. The molecule has 0 bridgehead atoms. The molecule has 2 amide bonds. The Morgan fingerprint density at radius 1 is 0.900 bits per heavy atom. The SMILES string of the molecule is C[C@@H]1C[C@@H](C)CN(C(=O)CC(C)(C)CC(=O)N2CCN(c3ccc(F)cc3)CC2)C1. The zero-order chi connectivity index (χ0) is 21.9. The van der Waals surface area contributed by atoms with Gasteiger partial charge in [0, 0.05) is 57.8 Å². The second kappa shape index (κ2) is 9.36. The lowest BCUT2D eigenvalue weighted by Gasteiger charge is -2.39. The van der Waals surface area contributed by atoms with Gasteiger partial charge < -0.3 is 14.7 Å². The lowest BCUT2D eigenvalue weighted by Crippen LogP contribution is -2.50. The summed E-state index contributed by atoms with van der Waals surface area (Å²) in [6.45, 7) is 12.9. The van der Waals surface area contributed by atoms with Crippen LogP contribution in [0.4, 0.5) is 10.1 Å². The topological polar surface area (TPSA) is 43.9 Å². The molecule has 30 heavy (non-hydrogen) atoms. The fraction of sp³-hybridized carbons (Fsp3) is 0.667. The lowest BCUT2D eigenvalue weighted by molar-refractivity contribution is -0.138. The van der Waals surface area contributed by atoms with Gasteiger partial charge in [0.05, 0.1) is 0 Å². The Hall–Kier alpha value is -2.11. The van der Waals surface area contributed by atoms with Crippen LogP contribution in [0.25, 0.3) is 0 Å². The van der Waals surface area contributed by atoms with E-state index in [0.29, 0.717) is 37.8 Å². The van der Waals surface area contributed by atoms with Crippen LogP contribution in [0.2, 0.25) is 0 Å². The zero-order valence-electron chi connectivity index (χ0n) is 18.9. The molecule has 5 nitrogen and oxygen atoms in total. The number of carbonyl (C=O) groups is 2. The normalized spacial score (nSPS) is 22.9. The maximum absolute atomic E-state index is 13.1. The first-order chi connectivity index (χ1) is 14.1. The molecule has 2 fully saturated rings. The van der Waals surface area contributed by atoms with Crippen molar-refractivity contribution in [3.05, 3.63) is 30.1 Å². The molecule has 0 aliphatic carbocycles. The minimum absolute atomic E-state index is 0.118. The lowest BCUT2D eigenvalue weighted by atomic mass is 9.83. The van der Waals surface area contributed by atoms with Crippen LogP contribution in [-0.2, 0) is 9.59 Å². The summed E-state index contributed by atoms with van der Waals surface area (Å²) in [6, 6.07) is 6.50. The van der Waals surface area contributed by atoms with E-state index in [-0.39, 0.29) is 23.0 Å². The van der Waals surface area contributed by atoms with Crippen molar-refractivity contribution in [2.24, 2.45) is 17.3 Å². The van der Waals surface area contributed by atoms with Gasteiger partial charge in [0.2, 0.25) is 11.8 Å². The summed E-state index contributed by atoms with van der Waals surface area (Å²) in [6.07, 6.45) is 1.97. The van der Waals surface area contributed by atoms with Crippen molar-refractivity contribution in [1.82, 2.24) is 9.80 Å². The molecular formula is C24H36FN3O2. The van der Waals surface area contributed by atoms with Crippen LogP contribution in [-0.4, -0.2) is 60.9 Å². The quantitative estimate of drug-likeness (QED) is 0.732. The van der Waals surface area contributed by atoms with Gasteiger partial charge in [0.1, 0.15) is 5.82 Å². The van der Waals surface area contributed by atoms with Gasteiger partial charge in [-0.05, 0) is 47.9 Å². The van der Waals surface area contributed by atoms with Crippen molar-refractivity contribution >= 4 is 17.5 Å². The zero-order valence-corrected chi connectivity index (χ0v) is 18.9. The van der Waals surface area contributed by atoms with E-state index in [1.807, 2.05) is 23.6 Å². The van der Waals surface area contributed by atoms with Gasteiger partial charge in [-0.15, -0.1) is 0 Å². The molecule has 3 rings (SSSR count). The van der Waals surface area contributed by atoms with Crippen molar-refractivity contribution in [2.45, 2.75) is 47.0 Å². The van der Waals surface area contributed by atoms with Crippen LogP contribution >= 0.6 is 0 Å². The number of amides is 2. The summed E-state index contributed by atoms with van der Waals surface area (Å²) in [5.74, 6) is 1.14. The Kier molecular flexibility index (Phi) is 7.04. The summed E-state index contributed by atoms with van der Waals surface area (Å²) in [5.41, 5.74) is 0.631. The highest BCUT2D eigenvalue weighted by Crippen LogP contribution is 2.30. The van der Waals surface area contributed by atoms with E-state index in [9.17, 15) is 14.0 Å². The average Bonchev–Trinajstić information content (AvgIpc) is 2.67. The van der Waals surface area contributed by atoms with E-state index in [0.717, 1.165) is 31.9 Å². The molecular weight excluding hydrogens is 381 g/mol. The van der Waals surface area contributed by atoms with Gasteiger partial charge in [-0.3, -0.25) is 9.59 Å². The van der Waals surface area contributed by atoms with Gasteiger partial charge >= 0.3 is 0 Å². The second-order valence-corrected chi connectivity index (χ2v) is 10.1. The average molecular weight is 418 g/mol. The smallest absolute Gasteiger partial charge is 0.223 e. The number of nitrogens with zero attached hydrogens (tertiary/aromatic N) is 3. The van der Waals surface area contributed by atoms with Gasteiger partial charge in [-0.2, -0.15) is 0 Å². The largest absolute Gasteiger partial charge is 0.368 e. The van der Waals surface area contributed by atoms with Crippen LogP contribution in [0.1, 0.15) is 47.0 Å². The maximum atomic E-state index is 13.1. The molecule has 166 valence electrons. The monoisotopic (exact) mass is 417 g/mol. The third kappa shape index (κ3) is 5.96. The van der Waals surface area contributed by atoms with Crippen LogP contribution in [0.3, 0.4) is 0 Å². The van der Waals surface area contributed by atoms with E-state index in [2.05, 4.69) is 18.7 Å². The molecule has 0 unspecified atom stereocenters. The van der Waals surface area contributed by atoms with E-state index in [1.54, 1.807) is 12.1 Å².